The molecule has 4 aromatic carbocycles. The molecule has 0 aliphatic carbocycles. The molecule has 0 radical (unpaired) electrons. The van der Waals surface area contributed by atoms with Crippen LogP contribution in [0.4, 0.5) is 39.8 Å². The second kappa shape index (κ2) is 18.4. The number of nitrogens with zero attached hydrogens (tertiary/aromatic N) is 4. The number of hydrogen-bond donors (Lipinski definition) is 0. The summed E-state index contributed by atoms with van der Waals surface area (Å²) in [4.78, 5) is 4.69. The van der Waals surface area contributed by atoms with Gasteiger partial charge in [0.25, 0.3) is 0 Å². The number of benzene rings is 4. The summed E-state index contributed by atoms with van der Waals surface area (Å²) in [6.45, 7) is 37.6. The first-order valence-corrected chi connectivity index (χ1v) is 20.3. The Labute approximate surface area is 355 Å². The van der Waals surface area contributed by atoms with E-state index in [2.05, 4.69) is 160 Å². The van der Waals surface area contributed by atoms with Gasteiger partial charge in [-0.15, -0.1) is 29.1 Å². The smallest absolute Gasteiger partial charge is 0.0642 e. The Morgan fingerprint density at radius 3 is 1.28 bits per heavy atom. The first-order valence-electron chi connectivity index (χ1n) is 20.3. The molecule has 7 nitrogen and oxygen atoms in total. The summed E-state index contributed by atoms with van der Waals surface area (Å²) in [7, 11) is 0. The molecule has 4 aromatic rings. The molecule has 0 aromatic heterocycles. The van der Waals surface area contributed by atoms with Crippen LogP contribution in [0.15, 0.2) is 72.8 Å². The fourth-order valence-electron chi connectivity index (χ4n) is 7.12. The van der Waals surface area contributed by atoms with Gasteiger partial charge in [0.1, 0.15) is 0 Å². The van der Waals surface area contributed by atoms with Crippen LogP contribution in [-0.2, 0) is 47.6 Å². The second-order valence-corrected chi connectivity index (χ2v) is 19.3. The van der Waals surface area contributed by atoms with Gasteiger partial charge in [-0.05, 0) is 33.9 Å². The van der Waals surface area contributed by atoms with Crippen LogP contribution in [0, 0.1) is 6.92 Å². The number of morpholine rings is 2. The maximum absolute atomic E-state index is 8.84. The number of anilines is 2. The van der Waals surface area contributed by atoms with Crippen molar-refractivity contribution in [2.75, 3.05) is 62.4 Å². The van der Waals surface area contributed by atoms with Gasteiger partial charge in [-0.2, -0.15) is 18.3 Å². The number of nitrogens with one attached hydrogen (secondary N) is 1. The summed E-state index contributed by atoms with van der Waals surface area (Å²) in [5.74, 6) is 0. The molecule has 0 saturated carbocycles. The molecule has 2 aliphatic heterocycles. The van der Waals surface area contributed by atoms with E-state index < -0.39 is 0 Å². The Balaban J connectivity index is 0.000000248. The average Bonchev–Trinajstić information content (AvgIpc) is 3.13. The summed E-state index contributed by atoms with van der Waals surface area (Å²) in [6.07, 6.45) is 0. The van der Waals surface area contributed by atoms with E-state index in [1.165, 1.54) is 22.4 Å². The maximum Gasteiger partial charge on any atom is 0.0642 e. The molecule has 314 valence electrons. The monoisotopic (exact) mass is 815 g/mol. The van der Waals surface area contributed by atoms with Crippen LogP contribution in [0.1, 0.15) is 111 Å². The zero-order valence-electron chi connectivity index (χ0n) is 36.7. The summed E-state index contributed by atoms with van der Waals surface area (Å²) in [5.41, 5.74) is 21.1. The van der Waals surface area contributed by atoms with E-state index in [9.17, 15) is 0 Å². The molecule has 0 bridgehead atoms. The number of para-hydroxylation sites is 4. The summed E-state index contributed by atoms with van der Waals surface area (Å²) in [6, 6.07) is 25.5. The molecule has 57 heavy (non-hydrogen) atoms. The third kappa shape index (κ3) is 11.6. The fraction of sp³-hybridized carbons (Fsp3) is 0.490. The molecule has 0 amide bonds. The molecule has 2 heterocycles. The first kappa shape index (κ1) is 45.9. The topological polar surface area (TPSA) is 76.9 Å². The van der Waals surface area contributed by atoms with Crippen LogP contribution in [0.5, 0.6) is 0 Å². The molecule has 1 N–H and O–H groups in total. The number of hydrogen-bond acceptors (Lipinski definition) is 4. The molecule has 2 fully saturated rings. The van der Waals surface area contributed by atoms with Crippen molar-refractivity contribution in [2.45, 2.75) is 105 Å². The Hall–Kier alpha value is -3.84. The minimum atomic E-state index is -0.105. The van der Waals surface area contributed by atoms with Gasteiger partial charge in [0.15, 0.2) is 0 Å². The molecule has 0 atom stereocenters. The molecule has 2 saturated heterocycles. The summed E-state index contributed by atoms with van der Waals surface area (Å²) in [5, 5.41) is 10.1. The molecule has 2 aliphatic rings. The molecular formula is C49H67N5NiO2-4. The normalized spacial score (nSPS) is 15.3. The Morgan fingerprint density at radius 2 is 0.877 bits per heavy atom. The number of rotatable bonds is 6. The quantitative estimate of drug-likeness (QED) is 0.143. The second-order valence-electron chi connectivity index (χ2n) is 19.3. The minimum absolute atomic E-state index is 0. The van der Waals surface area contributed by atoms with Crippen molar-refractivity contribution in [1.29, 1.82) is 0 Å². The van der Waals surface area contributed by atoms with Crippen LogP contribution in [0.25, 0.3) is 16.4 Å². The summed E-state index contributed by atoms with van der Waals surface area (Å²) >= 11 is 0. The van der Waals surface area contributed by atoms with Gasteiger partial charge in [0.05, 0.1) is 26.4 Å². The average molecular weight is 817 g/mol. The molecular weight excluding hydrogens is 749 g/mol. The predicted octanol–water partition coefficient (Wildman–Crippen LogP) is 13.8. The van der Waals surface area contributed by atoms with Crippen molar-refractivity contribution >= 4 is 39.8 Å². The largest absolute Gasteiger partial charge is 0.714 e. The van der Waals surface area contributed by atoms with Crippen molar-refractivity contribution in [3.05, 3.63) is 124 Å². The van der Waals surface area contributed by atoms with Crippen LogP contribution < -0.4 is 9.80 Å². The van der Waals surface area contributed by atoms with Gasteiger partial charge in [-0.25, -0.2) is 11.3 Å². The van der Waals surface area contributed by atoms with Crippen molar-refractivity contribution < 1.29 is 26.0 Å². The standard InChI is InChI=1S/C25H34N2O.C24H33N3O.Ni/c1-18-20(25(5,6)7)16-19(24(2,3)4)17-22(18)26-21-10-8-9-11-23(21)27-12-14-28-15-13-27;1-23(2,3)17-15-18(24(4,5)6)22(25)20(16-17)26-19-9-7-8-10-21(19)27-11-13-28-14-12-27;/h8-11,16-17H,1,12-15H2,2-7H3;7-10,15-16,25H,11-14H2,1-6H3;/q2*-2;. The molecule has 0 unspecified atom stereocenters. The van der Waals surface area contributed by atoms with E-state index in [0.717, 1.165) is 92.2 Å². The zero-order chi connectivity index (χ0) is 41.1. The van der Waals surface area contributed by atoms with E-state index >= 15 is 0 Å². The predicted molar refractivity (Wildman–Crippen MR) is 240 cm³/mol. The molecule has 0 spiro atoms. The Kier molecular flexibility index (Phi) is 14.8. The maximum atomic E-state index is 8.84. The van der Waals surface area contributed by atoms with Gasteiger partial charge in [0, 0.05) is 54.0 Å². The zero-order valence-corrected chi connectivity index (χ0v) is 37.7. The third-order valence-corrected chi connectivity index (χ3v) is 10.6. The van der Waals surface area contributed by atoms with Crippen molar-refractivity contribution in [3.8, 4) is 0 Å². The summed E-state index contributed by atoms with van der Waals surface area (Å²) < 4.78 is 11.0. The van der Waals surface area contributed by atoms with E-state index in [1.54, 1.807) is 0 Å². The SMILES string of the molecule is CC(C)(C)c1cc([N-]c2ccccc2N2CCOCC2)c([NH-])c(C(C)(C)C)c1.[CH2-]c1c([N-]c2ccccc2N2CCOCC2)cc(C(C)(C)C)cc1C(C)(C)C.[Ni]. The number of ether oxygens (including phenoxy) is 2. The van der Waals surface area contributed by atoms with Gasteiger partial charge < -0.3 is 35.6 Å². The van der Waals surface area contributed by atoms with Crippen LogP contribution >= 0.6 is 0 Å². The van der Waals surface area contributed by atoms with Crippen molar-refractivity contribution in [3.63, 3.8) is 0 Å². The van der Waals surface area contributed by atoms with Crippen LogP contribution in [0.3, 0.4) is 0 Å². The van der Waals surface area contributed by atoms with E-state index in [0.29, 0.717) is 5.69 Å². The fourth-order valence-corrected chi connectivity index (χ4v) is 7.12. The Morgan fingerprint density at radius 1 is 0.509 bits per heavy atom. The van der Waals surface area contributed by atoms with Gasteiger partial charge in [0.2, 0.25) is 0 Å². The van der Waals surface area contributed by atoms with Gasteiger partial charge in [-0.3, -0.25) is 0 Å². The minimum Gasteiger partial charge on any atom is -0.714 e. The van der Waals surface area contributed by atoms with Gasteiger partial charge >= 0.3 is 0 Å². The van der Waals surface area contributed by atoms with E-state index in [4.69, 9.17) is 25.8 Å². The first-order chi connectivity index (χ1) is 26.1. The van der Waals surface area contributed by atoms with Crippen molar-refractivity contribution in [2.24, 2.45) is 0 Å². The van der Waals surface area contributed by atoms with Gasteiger partial charge in [-0.1, -0.05) is 148 Å². The van der Waals surface area contributed by atoms with Crippen LogP contribution in [0.2, 0.25) is 0 Å². The van der Waals surface area contributed by atoms with E-state index in [1.807, 2.05) is 12.1 Å². The van der Waals surface area contributed by atoms with Crippen LogP contribution in [-0.4, -0.2) is 52.6 Å². The van der Waals surface area contributed by atoms with E-state index in [-0.39, 0.29) is 38.2 Å². The molecule has 6 rings (SSSR count). The molecule has 8 heteroatoms. The third-order valence-electron chi connectivity index (χ3n) is 10.6. The van der Waals surface area contributed by atoms with Crippen molar-refractivity contribution in [1.82, 2.24) is 0 Å². The Bertz CT molecular complexity index is 1790.